The molecule has 0 aliphatic rings. The number of carbonyl (C=O) groups is 1. The predicted octanol–water partition coefficient (Wildman–Crippen LogP) is 2.87. The molecule has 0 aromatic heterocycles. The Bertz CT molecular complexity index is 365. The van der Waals surface area contributed by atoms with Crippen molar-refractivity contribution in [2.24, 2.45) is 0 Å². The van der Waals surface area contributed by atoms with Crippen LogP contribution in [0.1, 0.15) is 18.9 Å². The van der Waals surface area contributed by atoms with E-state index < -0.39 is 0 Å². The van der Waals surface area contributed by atoms with Gasteiger partial charge in [-0.15, -0.1) is 0 Å². The van der Waals surface area contributed by atoms with Crippen molar-refractivity contribution in [1.82, 2.24) is 4.90 Å². The van der Waals surface area contributed by atoms with E-state index in [-0.39, 0.29) is 5.91 Å². The van der Waals surface area contributed by atoms with Crippen molar-refractivity contribution in [3.8, 4) is 5.75 Å². The van der Waals surface area contributed by atoms with Gasteiger partial charge in [0, 0.05) is 24.8 Å². The average molecular weight is 314 g/mol. The van der Waals surface area contributed by atoms with Gasteiger partial charge in [0.1, 0.15) is 5.75 Å². The third-order valence-electron chi connectivity index (χ3n) is 2.88. The normalized spacial score (nSPS) is 10.2. The molecule has 0 fully saturated rings. The SMILES string of the molecule is CCN(CCBr)C(=O)CCc1ccc(OC)cc1. The van der Waals surface area contributed by atoms with E-state index in [0.29, 0.717) is 6.42 Å². The fourth-order valence-electron chi connectivity index (χ4n) is 1.76. The molecule has 0 aliphatic carbocycles. The van der Waals surface area contributed by atoms with Crippen LogP contribution in [-0.2, 0) is 11.2 Å². The largest absolute Gasteiger partial charge is 0.497 e. The second-order valence-corrected chi connectivity index (χ2v) is 4.80. The molecule has 1 rings (SSSR count). The Morgan fingerprint density at radius 1 is 1.33 bits per heavy atom. The van der Waals surface area contributed by atoms with Gasteiger partial charge < -0.3 is 9.64 Å². The second kappa shape index (κ2) is 8.14. The first kappa shape index (κ1) is 15.0. The van der Waals surface area contributed by atoms with Crippen molar-refractivity contribution in [2.45, 2.75) is 19.8 Å². The van der Waals surface area contributed by atoms with Crippen LogP contribution in [0, 0.1) is 0 Å². The molecule has 0 heterocycles. The van der Waals surface area contributed by atoms with E-state index in [1.54, 1.807) is 7.11 Å². The van der Waals surface area contributed by atoms with E-state index in [0.717, 1.165) is 30.6 Å². The Hall–Kier alpha value is -1.03. The van der Waals surface area contributed by atoms with E-state index in [4.69, 9.17) is 4.74 Å². The number of aryl methyl sites for hydroxylation is 1. The van der Waals surface area contributed by atoms with Gasteiger partial charge in [0.15, 0.2) is 0 Å². The van der Waals surface area contributed by atoms with Crippen molar-refractivity contribution in [3.63, 3.8) is 0 Å². The molecule has 1 amide bonds. The summed E-state index contributed by atoms with van der Waals surface area (Å²) in [5, 5.41) is 0.828. The quantitative estimate of drug-likeness (QED) is 0.724. The maximum Gasteiger partial charge on any atom is 0.222 e. The molecular weight excluding hydrogens is 294 g/mol. The molecule has 0 saturated heterocycles. The molecule has 1 aromatic rings. The van der Waals surface area contributed by atoms with Gasteiger partial charge in [0.05, 0.1) is 7.11 Å². The summed E-state index contributed by atoms with van der Waals surface area (Å²) in [6.07, 6.45) is 1.34. The molecule has 1 aromatic carbocycles. The van der Waals surface area contributed by atoms with Crippen LogP contribution in [0.4, 0.5) is 0 Å². The number of hydrogen-bond donors (Lipinski definition) is 0. The number of alkyl halides is 1. The third kappa shape index (κ3) is 4.69. The van der Waals surface area contributed by atoms with Crippen molar-refractivity contribution >= 4 is 21.8 Å². The highest BCUT2D eigenvalue weighted by atomic mass is 79.9. The lowest BCUT2D eigenvalue weighted by molar-refractivity contribution is -0.130. The summed E-state index contributed by atoms with van der Waals surface area (Å²) in [5.74, 6) is 1.06. The number of carbonyl (C=O) groups excluding carboxylic acids is 1. The van der Waals surface area contributed by atoms with Gasteiger partial charge in [-0.1, -0.05) is 28.1 Å². The molecule has 0 atom stereocenters. The van der Waals surface area contributed by atoms with Crippen molar-refractivity contribution in [3.05, 3.63) is 29.8 Å². The third-order valence-corrected chi connectivity index (χ3v) is 3.23. The summed E-state index contributed by atoms with van der Waals surface area (Å²) in [6, 6.07) is 7.87. The average Bonchev–Trinajstić information content (AvgIpc) is 2.42. The van der Waals surface area contributed by atoms with Crippen LogP contribution in [0.3, 0.4) is 0 Å². The van der Waals surface area contributed by atoms with E-state index in [2.05, 4.69) is 15.9 Å². The zero-order valence-electron chi connectivity index (χ0n) is 11.0. The summed E-state index contributed by atoms with van der Waals surface area (Å²) in [6.45, 7) is 3.55. The number of amides is 1. The molecule has 0 spiro atoms. The van der Waals surface area contributed by atoms with Crippen LogP contribution in [0.2, 0.25) is 0 Å². The van der Waals surface area contributed by atoms with Gasteiger partial charge in [-0.2, -0.15) is 0 Å². The summed E-state index contributed by atoms with van der Waals surface area (Å²) in [4.78, 5) is 13.8. The summed E-state index contributed by atoms with van der Waals surface area (Å²) < 4.78 is 5.10. The number of methoxy groups -OCH3 is 1. The van der Waals surface area contributed by atoms with Crippen LogP contribution in [0.5, 0.6) is 5.75 Å². The van der Waals surface area contributed by atoms with Crippen LogP contribution in [0.15, 0.2) is 24.3 Å². The lowest BCUT2D eigenvalue weighted by Gasteiger charge is -2.19. The fourth-order valence-corrected chi connectivity index (χ4v) is 2.19. The first-order valence-corrected chi connectivity index (χ1v) is 7.30. The summed E-state index contributed by atoms with van der Waals surface area (Å²) in [5.41, 5.74) is 1.17. The lowest BCUT2D eigenvalue weighted by atomic mass is 10.1. The maximum atomic E-state index is 11.9. The molecule has 18 heavy (non-hydrogen) atoms. The molecule has 0 radical (unpaired) electrons. The molecule has 0 aliphatic heterocycles. The van der Waals surface area contributed by atoms with E-state index in [9.17, 15) is 4.79 Å². The number of hydrogen-bond acceptors (Lipinski definition) is 2. The molecular formula is C14H20BrNO2. The van der Waals surface area contributed by atoms with E-state index in [1.165, 1.54) is 5.56 Å². The Kier molecular flexibility index (Phi) is 6.80. The van der Waals surface area contributed by atoms with Crippen molar-refractivity contribution in [2.75, 3.05) is 25.5 Å². The molecule has 0 saturated carbocycles. The zero-order chi connectivity index (χ0) is 13.4. The predicted molar refractivity (Wildman–Crippen MR) is 77.4 cm³/mol. The standard InChI is InChI=1S/C14H20BrNO2/c1-3-16(11-10-15)14(17)9-6-12-4-7-13(18-2)8-5-12/h4-5,7-8H,3,6,9-11H2,1-2H3. The van der Waals surface area contributed by atoms with E-state index >= 15 is 0 Å². The van der Waals surface area contributed by atoms with Crippen LogP contribution >= 0.6 is 15.9 Å². The number of nitrogens with zero attached hydrogens (tertiary/aromatic N) is 1. The number of ether oxygens (including phenoxy) is 1. The zero-order valence-corrected chi connectivity index (χ0v) is 12.6. The molecule has 4 heteroatoms. The topological polar surface area (TPSA) is 29.5 Å². The number of rotatable bonds is 7. The van der Waals surface area contributed by atoms with Crippen molar-refractivity contribution in [1.29, 1.82) is 0 Å². The summed E-state index contributed by atoms with van der Waals surface area (Å²) in [7, 11) is 1.65. The Morgan fingerprint density at radius 2 is 2.00 bits per heavy atom. The number of benzene rings is 1. The van der Waals surface area contributed by atoms with Crippen LogP contribution < -0.4 is 4.74 Å². The molecule has 100 valence electrons. The van der Waals surface area contributed by atoms with Gasteiger partial charge in [-0.25, -0.2) is 0 Å². The molecule has 0 N–H and O–H groups in total. The van der Waals surface area contributed by atoms with Gasteiger partial charge >= 0.3 is 0 Å². The van der Waals surface area contributed by atoms with E-state index in [1.807, 2.05) is 36.1 Å². The Labute approximate surface area is 117 Å². The fraction of sp³-hybridized carbons (Fsp3) is 0.500. The molecule has 0 unspecified atom stereocenters. The smallest absolute Gasteiger partial charge is 0.222 e. The minimum absolute atomic E-state index is 0.216. The minimum atomic E-state index is 0.216. The monoisotopic (exact) mass is 313 g/mol. The Balaban J connectivity index is 2.45. The minimum Gasteiger partial charge on any atom is -0.497 e. The van der Waals surface area contributed by atoms with Gasteiger partial charge in [-0.3, -0.25) is 4.79 Å². The van der Waals surface area contributed by atoms with Gasteiger partial charge in [-0.05, 0) is 31.0 Å². The Morgan fingerprint density at radius 3 is 2.50 bits per heavy atom. The highest BCUT2D eigenvalue weighted by Crippen LogP contribution is 2.13. The molecule has 0 bridgehead atoms. The maximum absolute atomic E-state index is 11.9. The highest BCUT2D eigenvalue weighted by molar-refractivity contribution is 9.09. The number of halogens is 1. The lowest BCUT2D eigenvalue weighted by Crippen LogP contribution is -2.32. The van der Waals surface area contributed by atoms with Crippen LogP contribution in [0.25, 0.3) is 0 Å². The van der Waals surface area contributed by atoms with Crippen LogP contribution in [-0.4, -0.2) is 36.3 Å². The first-order valence-electron chi connectivity index (χ1n) is 6.18. The second-order valence-electron chi connectivity index (χ2n) is 4.01. The van der Waals surface area contributed by atoms with Gasteiger partial charge in [0.25, 0.3) is 0 Å². The molecule has 3 nitrogen and oxygen atoms in total. The highest BCUT2D eigenvalue weighted by Gasteiger charge is 2.10. The van der Waals surface area contributed by atoms with Gasteiger partial charge in [0.2, 0.25) is 5.91 Å². The first-order chi connectivity index (χ1) is 8.71. The van der Waals surface area contributed by atoms with Crippen molar-refractivity contribution < 1.29 is 9.53 Å². The summed E-state index contributed by atoms with van der Waals surface area (Å²) >= 11 is 3.36.